The lowest BCUT2D eigenvalue weighted by molar-refractivity contribution is 0.469. The molecule has 1 heterocycles. The Kier molecular flexibility index (Phi) is 2.43. The predicted molar refractivity (Wildman–Crippen MR) is 64.5 cm³/mol. The van der Waals surface area contributed by atoms with Crippen LogP contribution in [0, 0.1) is 5.41 Å². The van der Waals surface area contributed by atoms with E-state index < -0.39 is 0 Å². The van der Waals surface area contributed by atoms with Gasteiger partial charge >= 0.3 is 0 Å². The molecule has 15 heavy (non-hydrogen) atoms. The van der Waals surface area contributed by atoms with Crippen LogP contribution in [-0.4, -0.2) is 6.54 Å². The number of hydrogen-bond acceptors (Lipinski definition) is 2. The maximum Gasteiger partial charge on any atom is 0.0595 e. The summed E-state index contributed by atoms with van der Waals surface area (Å²) in [6.07, 6.45) is 2.26. The average molecular weight is 202 g/mol. The zero-order valence-electron chi connectivity index (χ0n) is 9.62. The van der Waals surface area contributed by atoms with E-state index in [-0.39, 0.29) is 5.41 Å². The number of nitrogens with one attached hydrogen (secondary N) is 1. The Hall–Kier alpha value is -1.44. The minimum Gasteiger partial charge on any atom is -0.302 e. The molecule has 0 bridgehead atoms. The minimum absolute atomic E-state index is 0.198. The van der Waals surface area contributed by atoms with E-state index in [9.17, 15) is 0 Å². The Bertz CT molecular complexity index is 360. The van der Waals surface area contributed by atoms with Crippen LogP contribution in [0.4, 0.5) is 5.69 Å². The van der Waals surface area contributed by atoms with Crippen molar-refractivity contribution < 1.29 is 0 Å². The number of allylic oxidation sites excluding steroid dienone is 1. The molecule has 2 heteroatoms. The number of nitrogens with zero attached hydrogens (tertiary/aromatic N) is 1. The van der Waals surface area contributed by atoms with Crippen molar-refractivity contribution in [3.05, 3.63) is 42.1 Å². The monoisotopic (exact) mass is 202 g/mol. The number of hydrazine groups is 1. The van der Waals surface area contributed by atoms with E-state index in [0.29, 0.717) is 0 Å². The van der Waals surface area contributed by atoms with E-state index >= 15 is 0 Å². The van der Waals surface area contributed by atoms with E-state index in [0.717, 1.165) is 6.54 Å². The zero-order valence-corrected chi connectivity index (χ0v) is 9.62. The standard InChI is InChI=1S/C13H18N2/c1-13(2,3)12-9-10-15(14-12)11-7-5-4-6-8-11/h4-9,14H,10H2,1-3H3. The van der Waals surface area contributed by atoms with Gasteiger partial charge in [-0.2, -0.15) is 0 Å². The summed E-state index contributed by atoms with van der Waals surface area (Å²) in [5, 5.41) is 2.17. The Morgan fingerprint density at radius 1 is 1.13 bits per heavy atom. The molecule has 0 amide bonds. The van der Waals surface area contributed by atoms with Crippen LogP contribution in [0.5, 0.6) is 0 Å². The van der Waals surface area contributed by atoms with Gasteiger partial charge in [0, 0.05) is 11.1 Å². The van der Waals surface area contributed by atoms with Crippen LogP contribution >= 0.6 is 0 Å². The molecule has 1 N–H and O–H groups in total. The Balaban J connectivity index is 2.09. The Morgan fingerprint density at radius 3 is 2.33 bits per heavy atom. The van der Waals surface area contributed by atoms with Crippen LogP contribution in [-0.2, 0) is 0 Å². The fourth-order valence-corrected chi connectivity index (χ4v) is 1.67. The van der Waals surface area contributed by atoms with Gasteiger partial charge < -0.3 is 5.43 Å². The molecule has 1 aliphatic heterocycles. The first-order valence-electron chi connectivity index (χ1n) is 5.37. The SMILES string of the molecule is CC(C)(C)C1=CCN(c2ccccc2)N1. The van der Waals surface area contributed by atoms with Crippen molar-refractivity contribution in [1.82, 2.24) is 5.43 Å². The first kappa shape index (κ1) is 10.1. The van der Waals surface area contributed by atoms with Gasteiger partial charge in [-0.15, -0.1) is 0 Å². The fourth-order valence-electron chi connectivity index (χ4n) is 1.67. The van der Waals surface area contributed by atoms with Crippen molar-refractivity contribution in [2.24, 2.45) is 5.41 Å². The molecular formula is C13H18N2. The number of benzene rings is 1. The Morgan fingerprint density at radius 2 is 1.80 bits per heavy atom. The van der Waals surface area contributed by atoms with Gasteiger partial charge in [-0.05, 0) is 18.2 Å². The van der Waals surface area contributed by atoms with Crippen LogP contribution in [0.2, 0.25) is 0 Å². The molecule has 0 radical (unpaired) electrons. The van der Waals surface area contributed by atoms with Crippen LogP contribution in [0.3, 0.4) is 0 Å². The summed E-state index contributed by atoms with van der Waals surface area (Å²) in [6.45, 7) is 7.61. The fraction of sp³-hybridized carbons (Fsp3) is 0.385. The molecule has 1 aliphatic rings. The molecule has 1 aromatic carbocycles. The first-order chi connectivity index (χ1) is 7.07. The largest absolute Gasteiger partial charge is 0.302 e. The summed E-state index contributed by atoms with van der Waals surface area (Å²) in [5.41, 5.74) is 6.15. The number of anilines is 1. The molecular weight excluding hydrogens is 184 g/mol. The zero-order chi connectivity index (χ0) is 10.9. The first-order valence-corrected chi connectivity index (χ1v) is 5.37. The van der Waals surface area contributed by atoms with Crippen molar-refractivity contribution >= 4 is 5.69 Å². The predicted octanol–water partition coefficient (Wildman–Crippen LogP) is 2.94. The highest BCUT2D eigenvalue weighted by atomic mass is 15.5. The van der Waals surface area contributed by atoms with Crippen molar-refractivity contribution in [3.8, 4) is 0 Å². The molecule has 0 aliphatic carbocycles. The summed E-state index contributed by atoms with van der Waals surface area (Å²) in [4.78, 5) is 0. The quantitative estimate of drug-likeness (QED) is 0.753. The number of hydrogen-bond donors (Lipinski definition) is 1. The van der Waals surface area contributed by atoms with E-state index in [2.05, 4.69) is 61.5 Å². The number of rotatable bonds is 1. The van der Waals surface area contributed by atoms with Crippen molar-refractivity contribution in [3.63, 3.8) is 0 Å². The van der Waals surface area contributed by atoms with Gasteiger partial charge in [0.25, 0.3) is 0 Å². The topological polar surface area (TPSA) is 15.3 Å². The molecule has 2 nitrogen and oxygen atoms in total. The lowest BCUT2D eigenvalue weighted by Gasteiger charge is -2.26. The van der Waals surface area contributed by atoms with Gasteiger partial charge in [-0.25, -0.2) is 0 Å². The molecule has 0 spiro atoms. The molecule has 2 rings (SSSR count). The van der Waals surface area contributed by atoms with Gasteiger partial charge in [-0.3, -0.25) is 5.01 Å². The highest BCUT2D eigenvalue weighted by Gasteiger charge is 2.23. The molecule has 0 saturated heterocycles. The van der Waals surface area contributed by atoms with E-state index in [1.54, 1.807) is 0 Å². The minimum atomic E-state index is 0.198. The maximum atomic E-state index is 3.44. The second-order valence-corrected chi connectivity index (χ2v) is 4.93. The van der Waals surface area contributed by atoms with Crippen LogP contribution in [0.25, 0.3) is 0 Å². The van der Waals surface area contributed by atoms with Crippen LogP contribution < -0.4 is 10.4 Å². The summed E-state index contributed by atoms with van der Waals surface area (Å²) < 4.78 is 0. The molecule has 0 unspecified atom stereocenters. The lowest BCUT2D eigenvalue weighted by Crippen LogP contribution is -2.35. The van der Waals surface area contributed by atoms with Gasteiger partial charge in [0.15, 0.2) is 0 Å². The van der Waals surface area contributed by atoms with Gasteiger partial charge in [0.2, 0.25) is 0 Å². The lowest BCUT2D eigenvalue weighted by atomic mass is 9.92. The van der Waals surface area contributed by atoms with Crippen molar-refractivity contribution in [2.75, 3.05) is 11.6 Å². The van der Waals surface area contributed by atoms with E-state index in [1.807, 2.05) is 6.07 Å². The van der Waals surface area contributed by atoms with Crippen LogP contribution in [0.1, 0.15) is 20.8 Å². The van der Waals surface area contributed by atoms with Gasteiger partial charge in [-0.1, -0.05) is 39.0 Å². The second-order valence-electron chi connectivity index (χ2n) is 4.93. The molecule has 0 atom stereocenters. The Labute approximate surface area is 91.6 Å². The normalized spacial score (nSPS) is 16.2. The number of para-hydroxylation sites is 1. The molecule has 1 aromatic rings. The summed E-state index contributed by atoms with van der Waals surface area (Å²) in [5.74, 6) is 0. The van der Waals surface area contributed by atoms with E-state index in [4.69, 9.17) is 0 Å². The van der Waals surface area contributed by atoms with Gasteiger partial charge in [0.05, 0.1) is 12.2 Å². The maximum absolute atomic E-state index is 3.44. The third kappa shape index (κ3) is 2.14. The molecule has 0 saturated carbocycles. The third-order valence-corrected chi connectivity index (χ3v) is 2.61. The molecule has 0 fully saturated rings. The highest BCUT2D eigenvalue weighted by molar-refractivity contribution is 5.48. The second kappa shape index (κ2) is 3.61. The summed E-state index contributed by atoms with van der Waals surface area (Å²) >= 11 is 0. The highest BCUT2D eigenvalue weighted by Crippen LogP contribution is 2.27. The molecule has 0 aromatic heterocycles. The average Bonchev–Trinajstić information content (AvgIpc) is 2.67. The third-order valence-electron chi connectivity index (χ3n) is 2.61. The van der Waals surface area contributed by atoms with Crippen molar-refractivity contribution in [2.45, 2.75) is 20.8 Å². The van der Waals surface area contributed by atoms with Gasteiger partial charge in [0.1, 0.15) is 0 Å². The smallest absolute Gasteiger partial charge is 0.0595 e. The summed E-state index contributed by atoms with van der Waals surface area (Å²) in [7, 11) is 0. The van der Waals surface area contributed by atoms with Crippen molar-refractivity contribution in [1.29, 1.82) is 0 Å². The summed E-state index contributed by atoms with van der Waals surface area (Å²) in [6, 6.07) is 10.4. The molecule has 80 valence electrons. The van der Waals surface area contributed by atoms with Crippen LogP contribution in [0.15, 0.2) is 42.1 Å². The van der Waals surface area contributed by atoms with E-state index in [1.165, 1.54) is 11.4 Å².